The summed E-state index contributed by atoms with van der Waals surface area (Å²) < 4.78 is 12.8. The Morgan fingerprint density at radius 1 is 1.30 bits per heavy atom. The topological polar surface area (TPSA) is 69.5 Å². The summed E-state index contributed by atoms with van der Waals surface area (Å²) in [5, 5.41) is 0. The van der Waals surface area contributed by atoms with Crippen molar-refractivity contribution in [2.24, 2.45) is 0 Å². The number of nitrogens with zero attached hydrogens (tertiary/aromatic N) is 4. The maximum absolute atomic E-state index is 12.4. The molecule has 2 aromatic rings. The van der Waals surface area contributed by atoms with Crippen molar-refractivity contribution < 1.29 is 14.3 Å². The van der Waals surface area contributed by atoms with E-state index in [1.807, 2.05) is 34.0 Å². The van der Waals surface area contributed by atoms with Gasteiger partial charge in [0.2, 0.25) is 17.7 Å². The maximum atomic E-state index is 12.4. The monoisotopic (exact) mass is 316 g/mol. The number of ether oxygens (including phenoxy) is 2. The minimum absolute atomic E-state index is 0.0706. The molecular formula is C16H20N4O3. The van der Waals surface area contributed by atoms with Crippen LogP contribution in [0.3, 0.4) is 0 Å². The zero-order valence-electron chi connectivity index (χ0n) is 13.1. The number of rotatable bonds is 5. The van der Waals surface area contributed by atoms with Crippen LogP contribution in [-0.4, -0.2) is 51.6 Å². The van der Waals surface area contributed by atoms with Crippen molar-refractivity contribution >= 4 is 5.91 Å². The fourth-order valence-corrected chi connectivity index (χ4v) is 2.65. The van der Waals surface area contributed by atoms with Gasteiger partial charge in [0.1, 0.15) is 12.6 Å². The van der Waals surface area contributed by atoms with Gasteiger partial charge in [0.15, 0.2) is 0 Å². The first-order valence-corrected chi connectivity index (χ1v) is 7.66. The van der Waals surface area contributed by atoms with E-state index < -0.39 is 0 Å². The molecule has 0 spiro atoms. The van der Waals surface area contributed by atoms with Gasteiger partial charge in [0.25, 0.3) is 0 Å². The molecule has 3 rings (SSSR count). The third-order valence-electron chi connectivity index (χ3n) is 3.80. The molecule has 1 aliphatic heterocycles. The summed E-state index contributed by atoms with van der Waals surface area (Å²) in [5.74, 6) is 0.944. The number of hydrogen-bond acceptors (Lipinski definition) is 5. The standard InChI is InChI=1S/C16H20N4O3/c1-22-14-9-17-10-15(18-14)23-13-5-4-8-20(11-13)16(21)12-19-6-2-3-7-19/h2-3,6-7,9-10,13H,4-5,8,11-12H2,1H3/t13-/m0/s1. The number of piperidine rings is 1. The Morgan fingerprint density at radius 2 is 2.09 bits per heavy atom. The van der Waals surface area contributed by atoms with E-state index in [0.717, 1.165) is 19.4 Å². The molecule has 0 radical (unpaired) electrons. The van der Waals surface area contributed by atoms with Crippen molar-refractivity contribution in [3.63, 3.8) is 0 Å². The van der Waals surface area contributed by atoms with Crippen molar-refractivity contribution in [2.75, 3.05) is 20.2 Å². The average molecular weight is 316 g/mol. The normalized spacial score (nSPS) is 17.8. The number of aromatic nitrogens is 3. The van der Waals surface area contributed by atoms with Crippen LogP contribution in [0.1, 0.15) is 12.8 Å². The number of likely N-dealkylation sites (tertiary alicyclic amines) is 1. The van der Waals surface area contributed by atoms with E-state index in [1.54, 1.807) is 6.20 Å². The maximum Gasteiger partial charge on any atom is 0.242 e. The zero-order valence-corrected chi connectivity index (χ0v) is 13.1. The predicted octanol–water partition coefficient (Wildman–Crippen LogP) is 1.36. The lowest BCUT2D eigenvalue weighted by molar-refractivity contribution is -0.134. The molecule has 2 aromatic heterocycles. The largest absolute Gasteiger partial charge is 0.480 e. The van der Waals surface area contributed by atoms with Gasteiger partial charge in [-0.15, -0.1) is 0 Å². The smallest absolute Gasteiger partial charge is 0.242 e. The fourth-order valence-electron chi connectivity index (χ4n) is 2.65. The van der Waals surface area contributed by atoms with E-state index in [4.69, 9.17) is 9.47 Å². The summed E-state index contributed by atoms with van der Waals surface area (Å²) in [7, 11) is 1.54. The molecule has 1 amide bonds. The van der Waals surface area contributed by atoms with E-state index in [0.29, 0.717) is 24.8 Å². The lowest BCUT2D eigenvalue weighted by atomic mass is 10.1. The first-order chi connectivity index (χ1) is 11.2. The minimum atomic E-state index is -0.0706. The number of hydrogen-bond donors (Lipinski definition) is 0. The molecule has 1 aliphatic rings. The van der Waals surface area contributed by atoms with E-state index in [9.17, 15) is 4.79 Å². The molecular weight excluding hydrogens is 296 g/mol. The fraction of sp³-hybridized carbons (Fsp3) is 0.438. The van der Waals surface area contributed by atoms with Crippen LogP contribution < -0.4 is 9.47 Å². The van der Waals surface area contributed by atoms with Gasteiger partial charge in [-0.05, 0) is 25.0 Å². The predicted molar refractivity (Wildman–Crippen MR) is 83.2 cm³/mol. The molecule has 7 nitrogen and oxygen atoms in total. The Balaban J connectivity index is 1.58. The Kier molecular flexibility index (Phi) is 4.75. The molecule has 0 N–H and O–H groups in total. The Morgan fingerprint density at radius 3 is 2.87 bits per heavy atom. The Labute approximate surface area is 134 Å². The van der Waals surface area contributed by atoms with Gasteiger partial charge < -0.3 is 18.9 Å². The van der Waals surface area contributed by atoms with Crippen LogP contribution in [0.2, 0.25) is 0 Å². The molecule has 23 heavy (non-hydrogen) atoms. The number of carbonyl (C=O) groups excluding carboxylic acids is 1. The lowest BCUT2D eigenvalue weighted by Crippen LogP contribution is -2.45. The Hall–Kier alpha value is -2.57. The number of methoxy groups -OCH3 is 1. The Bertz CT molecular complexity index is 645. The van der Waals surface area contributed by atoms with Crippen molar-refractivity contribution in [1.29, 1.82) is 0 Å². The van der Waals surface area contributed by atoms with E-state index in [-0.39, 0.29) is 12.0 Å². The highest BCUT2D eigenvalue weighted by Crippen LogP contribution is 2.18. The van der Waals surface area contributed by atoms with Crippen molar-refractivity contribution in [2.45, 2.75) is 25.5 Å². The first kappa shape index (κ1) is 15.3. The second-order valence-corrected chi connectivity index (χ2v) is 5.48. The minimum Gasteiger partial charge on any atom is -0.480 e. The number of amides is 1. The van der Waals surface area contributed by atoms with Crippen LogP contribution in [0, 0.1) is 0 Å². The molecule has 1 fully saturated rings. The van der Waals surface area contributed by atoms with Gasteiger partial charge in [-0.2, -0.15) is 4.98 Å². The van der Waals surface area contributed by atoms with Crippen molar-refractivity contribution in [1.82, 2.24) is 19.4 Å². The SMILES string of the molecule is COc1cncc(O[C@H]2CCCN(C(=O)Cn3cccc3)C2)n1. The molecule has 0 bridgehead atoms. The lowest BCUT2D eigenvalue weighted by Gasteiger charge is -2.32. The van der Waals surface area contributed by atoms with E-state index in [1.165, 1.54) is 13.3 Å². The third-order valence-corrected chi connectivity index (χ3v) is 3.80. The molecule has 1 atom stereocenters. The van der Waals surface area contributed by atoms with Crippen molar-refractivity contribution in [3.8, 4) is 11.8 Å². The highest BCUT2D eigenvalue weighted by molar-refractivity contribution is 5.76. The number of carbonyl (C=O) groups is 1. The molecule has 0 saturated carbocycles. The molecule has 3 heterocycles. The molecule has 0 aliphatic carbocycles. The summed E-state index contributed by atoms with van der Waals surface area (Å²) >= 11 is 0. The molecule has 7 heteroatoms. The van der Waals surface area contributed by atoms with Crippen LogP contribution in [0.25, 0.3) is 0 Å². The highest BCUT2D eigenvalue weighted by Gasteiger charge is 2.25. The summed E-state index contributed by atoms with van der Waals surface area (Å²) in [6, 6.07) is 3.83. The molecule has 0 unspecified atom stereocenters. The van der Waals surface area contributed by atoms with E-state index in [2.05, 4.69) is 9.97 Å². The summed E-state index contributed by atoms with van der Waals surface area (Å²) in [6.07, 6.45) is 8.61. The second-order valence-electron chi connectivity index (χ2n) is 5.48. The summed E-state index contributed by atoms with van der Waals surface area (Å²) in [4.78, 5) is 22.4. The second kappa shape index (κ2) is 7.13. The van der Waals surface area contributed by atoms with Crippen LogP contribution in [0.5, 0.6) is 11.8 Å². The third kappa shape index (κ3) is 4.00. The molecule has 1 saturated heterocycles. The zero-order chi connectivity index (χ0) is 16.1. The van der Waals surface area contributed by atoms with Crippen LogP contribution >= 0.6 is 0 Å². The van der Waals surface area contributed by atoms with Gasteiger partial charge in [-0.1, -0.05) is 0 Å². The van der Waals surface area contributed by atoms with Gasteiger partial charge in [-0.3, -0.25) is 9.78 Å². The van der Waals surface area contributed by atoms with Gasteiger partial charge >= 0.3 is 0 Å². The van der Waals surface area contributed by atoms with Crippen LogP contribution in [0.15, 0.2) is 36.9 Å². The quantitative estimate of drug-likeness (QED) is 0.833. The van der Waals surface area contributed by atoms with Crippen LogP contribution in [-0.2, 0) is 11.3 Å². The molecule has 122 valence electrons. The van der Waals surface area contributed by atoms with Gasteiger partial charge in [-0.25, -0.2) is 0 Å². The summed E-state index contributed by atoms with van der Waals surface area (Å²) in [6.45, 7) is 1.70. The van der Waals surface area contributed by atoms with Gasteiger partial charge in [0.05, 0.1) is 26.0 Å². The van der Waals surface area contributed by atoms with Crippen molar-refractivity contribution in [3.05, 3.63) is 36.9 Å². The summed E-state index contributed by atoms with van der Waals surface area (Å²) in [5.41, 5.74) is 0. The highest BCUT2D eigenvalue weighted by atomic mass is 16.5. The average Bonchev–Trinajstić information content (AvgIpc) is 3.08. The molecule has 0 aromatic carbocycles. The van der Waals surface area contributed by atoms with Crippen LogP contribution in [0.4, 0.5) is 0 Å². The first-order valence-electron chi connectivity index (χ1n) is 7.66. The van der Waals surface area contributed by atoms with Gasteiger partial charge in [0, 0.05) is 18.9 Å². The van der Waals surface area contributed by atoms with E-state index >= 15 is 0 Å².